The van der Waals surface area contributed by atoms with E-state index in [1.165, 1.54) is 30.3 Å². The summed E-state index contributed by atoms with van der Waals surface area (Å²) in [5, 5.41) is 7.53. The maximum atomic E-state index is 13.0. The van der Waals surface area contributed by atoms with Gasteiger partial charge in [-0.15, -0.1) is 0 Å². The Morgan fingerprint density at radius 3 is 2.36 bits per heavy atom. The molecular weight excluding hydrogens is 446 g/mol. The van der Waals surface area contributed by atoms with Crippen molar-refractivity contribution in [3.8, 4) is 0 Å². The third-order valence-corrected chi connectivity index (χ3v) is 6.51. The Morgan fingerprint density at radius 2 is 1.70 bits per heavy atom. The SMILES string of the molecule is CN(C(=O)c1ccccc1C(=O)OCC(=O)Nc1cccc(S(N)(=O)=O)c1)C1CCCCC1. The second-order valence-electron chi connectivity index (χ2n) is 7.95. The number of carbonyl (C=O) groups is 3. The number of sulfonamides is 1. The molecule has 0 aliphatic heterocycles. The zero-order valence-electron chi connectivity index (χ0n) is 18.3. The van der Waals surface area contributed by atoms with Gasteiger partial charge in [-0.05, 0) is 43.2 Å². The van der Waals surface area contributed by atoms with Crippen molar-refractivity contribution < 1.29 is 27.5 Å². The second-order valence-corrected chi connectivity index (χ2v) is 9.51. The normalized spacial score (nSPS) is 14.4. The zero-order chi connectivity index (χ0) is 24.0. The molecule has 3 rings (SSSR count). The van der Waals surface area contributed by atoms with E-state index in [4.69, 9.17) is 9.88 Å². The Bertz CT molecular complexity index is 1140. The van der Waals surface area contributed by atoms with Crippen molar-refractivity contribution in [1.29, 1.82) is 0 Å². The van der Waals surface area contributed by atoms with Crippen LogP contribution in [0.2, 0.25) is 0 Å². The topological polar surface area (TPSA) is 136 Å². The summed E-state index contributed by atoms with van der Waals surface area (Å²) >= 11 is 0. The van der Waals surface area contributed by atoms with E-state index in [1.807, 2.05) is 0 Å². The molecule has 9 nitrogen and oxygen atoms in total. The highest BCUT2D eigenvalue weighted by atomic mass is 32.2. The lowest BCUT2D eigenvalue weighted by atomic mass is 9.94. The maximum absolute atomic E-state index is 13.0. The van der Waals surface area contributed by atoms with Gasteiger partial charge in [0.05, 0.1) is 16.0 Å². The molecule has 0 heterocycles. The van der Waals surface area contributed by atoms with Crippen molar-refractivity contribution in [3.05, 3.63) is 59.7 Å². The average molecular weight is 474 g/mol. The van der Waals surface area contributed by atoms with Gasteiger partial charge in [-0.25, -0.2) is 18.4 Å². The summed E-state index contributed by atoms with van der Waals surface area (Å²) < 4.78 is 28.0. The first-order chi connectivity index (χ1) is 15.7. The van der Waals surface area contributed by atoms with Crippen molar-refractivity contribution in [3.63, 3.8) is 0 Å². The third-order valence-electron chi connectivity index (χ3n) is 5.60. The fourth-order valence-corrected chi connectivity index (χ4v) is 4.39. The Labute approximate surface area is 193 Å². The van der Waals surface area contributed by atoms with Crippen LogP contribution in [-0.2, 0) is 19.6 Å². The predicted molar refractivity (Wildman–Crippen MR) is 122 cm³/mol. The van der Waals surface area contributed by atoms with Gasteiger partial charge in [-0.2, -0.15) is 0 Å². The number of ether oxygens (including phenoxy) is 1. The van der Waals surface area contributed by atoms with Crippen LogP contribution in [0.3, 0.4) is 0 Å². The number of nitrogens with zero attached hydrogens (tertiary/aromatic N) is 1. The van der Waals surface area contributed by atoms with Crippen LogP contribution in [0.5, 0.6) is 0 Å². The van der Waals surface area contributed by atoms with Gasteiger partial charge in [0.25, 0.3) is 11.8 Å². The van der Waals surface area contributed by atoms with Crippen LogP contribution in [0.4, 0.5) is 5.69 Å². The molecule has 1 aliphatic carbocycles. The smallest absolute Gasteiger partial charge is 0.339 e. The number of hydrogen-bond donors (Lipinski definition) is 2. The van der Waals surface area contributed by atoms with Crippen LogP contribution < -0.4 is 10.5 Å². The van der Waals surface area contributed by atoms with E-state index in [2.05, 4.69) is 5.32 Å². The highest BCUT2D eigenvalue weighted by molar-refractivity contribution is 7.89. The molecular formula is C23H27N3O6S. The molecule has 1 fully saturated rings. The number of carbonyl (C=O) groups excluding carboxylic acids is 3. The first-order valence-corrected chi connectivity index (χ1v) is 12.2. The summed E-state index contributed by atoms with van der Waals surface area (Å²) in [6.45, 7) is -0.612. The number of primary sulfonamides is 1. The molecule has 1 aliphatic rings. The van der Waals surface area contributed by atoms with Gasteiger partial charge in [0, 0.05) is 18.8 Å². The monoisotopic (exact) mass is 473 g/mol. The summed E-state index contributed by atoms with van der Waals surface area (Å²) in [7, 11) is -2.18. The number of nitrogens with one attached hydrogen (secondary N) is 1. The average Bonchev–Trinajstić information content (AvgIpc) is 2.82. The Hall–Kier alpha value is -3.24. The maximum Gasteiger partial charge on any atom is 0.339 e. The van der Waals surface area contributed by atoms with Gasteiger partial charge in [0.15, 0.2) is 6.61 Å². The lowest BCUT2D eigenvalue weighted by Crippen LogP contribution is -2.39. The minimum absolute atomic E-state index is 0.0779. The number of hydrogen-bond acceptors (Lipinski definition) is 6. The molecule has 2 amide bonds. The third kappa shape index (κ3) is 6.39. The van der Waals surface area contributed by atoms with Gasteiger partial charge >= 0.3 is 5.97 Å². The fourth-order valence-electron chi connectivity index (χ4n) is 3.83. The number of amides is 2. The molecule has 0 bridgehead atoms. The van der Waals surface area contributed by atoms with Crippen LogP contribution in [0, 0.1) is 0 Å². The standard InChI is InChI=1S/C23H27N3O6S/c1-26(17-9-3-2-4-10-17)22(28)19-12-5-6-13-20(19)23(29)32-15-21(27)25-16-8-7-11-18(14-16)33(24,30)31/h5-8,11-14,17H,2-4,9-10,15H2,1H3,(H,25,27)(H2,24,30,31). The number of rotatable bonds is 7. The molecule has 1 saturated carbocycles. The summed E-state index contributed by atoms with van der Waals surface area (Å²) in [6, 6.07) is 11.9. The summed E-state index contributed by atoms with van der Waals surface area (Å²) in [4.78, 5) is 39.4. The highest BCUT2D eigenvalue weighted by Crippen LogP contribution is 2.24. The Balaban J connectivity index is 1.64. The highest BCUT2D eigenvalue weighted by Gasteiger charge is 2.26. The van der Waals surface area contributed by atoms with Crippen LogP contribution in [-0.4, -0.2) is 50.8 Å². The van der Waals surface area contributed by atoms with Gasteiger partial charge in [0.2, 0.25) is 10.0 Å². The summed E-state index contributed by atoms with van der Waals surface area (Å²) in [5.41, 5.74) is 0.485. The molecule has 0 spiro atoms. The summed E-state index contributed by atoms with van der Waals surface area (Å²) in [5.74, 6) is -1.74. The van der Waals surface area contributed by atoms with Crippen molar-refractivity contribution in [2.24, 2.45) is 5.14 Å². The van der Waals surface area contributed by atoms with Gasteiger partial charge < -0.3 is 15.0 Å². The van der Waals surface area contributed by atoms with E-state index in [0.717, 1.165) is 32.1 Å². The molecule has 176 valence electrons. The van der Waals surface area contributed by atoms with Gasteiger partial charge in [-0.1, -0.05) is 37.5 Å². The first-order valence-electron chi connectivity index (χ1n) is 10.6. The lowest BCUT2D eigenvalue weighted by Gasteiger charge is -2.31. The minimum atomic E-state index is -3.92. The lowest BCUT2D eigenvalue weighted by molar-refractivity contribution is -0.119. The molecule has 3 N–H and O–H groups in total. The van der Waals surface area contributed by atoms with Crippen LogP contribution in [0.1, 0.15) is 52.8 Å². The molecule has 2 aromatic rings. The van der Waals surface area contributed by atoms with E-state index in [0.29, 0.717) is 0 Å². The van der Waals surface area contributed by atoms with Gasteiger partial charge in [-0.3, -0.25) is 9.59 Å². The summed E-state index contributed by atoms with van der Waals surface area (Å²) in [6.07, 6.45) is 5.17. The Morgan fingerprint density at radius 1 is 1.03 bits per heavy atom. The number of benzene rings is 2. The molecule has 0 radical (unpaired) electrons. The number of nitrogens with two attached hydrogens (primary N) is 1. The molecule has 0 aromatic heterocycles. The van der Waals surface area contributed by atoms with Crippen LogP contribution >= 0.6 is 0 Å². The first kappa shape index (κ1) is 24.4. The largest absolute Gasteiger partial charge is 0.452 e. The molecule has 2 aromatic carbocycles. The molecule has 33 heavy (non-hydrogen) atoms. The predicted octanol–water partition coefficient (Wildman–Crippen LogP) is 2.53. The zero-order valence-corrected chi connectivity index (χ0v) is 19.1. The molecule has 0 unspecified atom stereocenters. The fraction of sp³-hybridized carbons (Fsp3) is 0.348. The number of esters is 1. The van der Waals surface area contributed by atoms with Crippen LogP contribution in [0.25, 0.3) is 0 Å². The number of anilines is 1. The minimum Gasteiger partial charge on any atom is -0.452 e. The quantitative estimate of drug-likeness (QED) is 0.593. The van der Waals surface area contributed by atoms with Crippen molar-refractivity contribution in [2.75, 3.05) is 19.0 Å². The van der Waals surface area contributed by atoms with Crippen molar-refractivity contribution >= 4 is 33.5 Å². The van der Waals surface area contributed by atoms with E-state index in [-0.39, 0.29) is 33.7 Å². The van der Waals surface area contributed by atoms with Gasteiger partial charge in [0.1, 0.15) is 0 Å². The van der Waals surface area contributed by atoms with Crippen molar-refractivity contribution in [2.45, 2.75) is 43.0 Å². The Kier molecular flexibility index (Phi) is 7.83. The second kappa shape index (κ2) is 10.6. The van der Waals surface area contributed by atoms with E-state index < -0.39 is 28.5 Å². The van der Waals surface area contributed by atoms with E-state index >= 15 is 0 Å². The molecule has 0 saturated heterocycles. The van der Waals surface area contributed by atoms with E-state index in [1.54, 1.807) is 30.1 Å². The van der Waals surface area contributed by atoms with E-state index in [9.17, 15) is 22.8 Å². The molecule has 10 heteroatoms. The van der Waals surface area contributed by atoms with Crippen molar-refractivity contribution in [1.82, 2.24) is 4.90 Å². The van der Waals surface area contributed by atoms with Crippen LogP contribution in [0.15, 0.2) is 53.4 Å². The molecule has 0 atom stereocenters.